The van der Waals surface area contributed by atoms with Crippen LogP contribution in [0.15, 0.2) is 18.2 Å². The predicted molar refractivity (Wildman–Crippen MR) is 59.0 cm³/mol. The van der Waals surface area contributed by atoms with Crippen LogP contribution in [0.5, 0.6) is 5.75 Å². The van der Waals surface area contributed by atoms with Gasteiger partial charge in [0.15, 0.2) is 0 Å². The minimum atomic E-state index is -4.48. The monoisotopic (exact) mass is 254 g/mol. The van der Waals surface area contributed by atoms with Crippen molar-refractivity contribution in [2.24, 2.45) is 0 Å². The number of phenols is 1. The molecule has 0 unspecified atom stereocenters. The zero-order chi connectivity index (χ0) is 11.5. The molecular weight excluding hydrogens is 241 g/mol. The highest BCUT2D eigenvalue weighted by Gasteiger charge is 2.34. The number of unbranched alkanes of at least 4 members (excludes halogenated alkanes) is 1. The Kier molecular flexibility index (Phi) is 5.65. The lowest BCUT2D eigenvalue weighted by atomic mass is 10.0. The summed E-state index contributed by atoms with van der Waals surface area (Å²) in [5, 5.41) is 9.43. The lowest BCUT2D eigenvalue weighted by molar-refractivity contribution is -0.138. The average Bonchev–Trinajstić information content (AvgIpc) is 2.14. The summed E-state index contributed by atoms with van der Waals surface area (Å²) in [6.45, 7) is 1.95. The van der Waals surface area contributed by atoms with Crippen LogP contribution < -0.4 is 0 Å². The van der Waals surface area contributed by atoms with Gasteiger partial charge in [-0.25, -0.2) is 0 Å². The number of aryl methyl sites for hydroxylation is 1. The number of benzene rings is 1. The molecule has 0 spiro atoms. The van der Waals surface area contributed by atoms with E-state index in [1.807, 2.05) is 6.92 Å². The molecule has 0 saturated carbocycles. The third-order valence-corrected chi connectivity index (χ3v) is 2.22. The molecule has 5 heteroatoms. The maximum absolute atomic E-state index is 12.4. The van der Waals surface area contributed by atoms with Crippen molar-refractivity contribution >= 4 is 12.4 Å². The quantitative estimate of drug-likeness (QED) is 0.858. The van der Waals surface area contributed by atoms with Crippen molar-refractivity contribution in [2.75, 3.05) is 0 Å². The first-order chi connectivity index (χ1) is 6.96. The maximum Gasteiger partial charge on any atom is 0.419 e. The molecule has 1 nitrogen and oxygen atoms in total. The van der Waals surface area contributed by atoms with Crippen LogP contribution in [0.2, 0.25) is 0 Å². The molecule has 0 aliphatic heterocycles. The van der Waals surface area contributed by atoms with Crippen molar-refractivity contribution in [1.29, 1.82) is 0 Å². The molecule has 0 radical (unpaired) electrons. The van der Waals surface area contributed by atoms with Gasteiger partial charge in [0.2, 0.25) is 0 Å². The highest BCUT2D eigenvalue weighted by Crippen LogP contribution is 2.37. The Balaban J connectivity index is 0.00000225. The predicted octanol–water partition coefficient (Wildman–Crippen LogP) is 4.18. The zero-order valence-electron chi connectivity index (χ0n) is 8.84. The SMILES string of the molecule is CCCCc1cccc(C(F)(F)F)c1O.Cl. The van der Waals surface area contributed by atoms with E-state index < -0.39 is 17.5 Å². The number of hydrogen-bond donors (Lipinski definition) is 1. The number of para-hydroxylation sites is 1. The molecule has 0 bridgehead atoms. The molecule has 0 atom stereocenters. The van der Waals surface area contributed by atoms with Crippen LogP contribution in [0, 0.1) is 0 Å². The van der Waals surface area contributed by atoms with Crippen molar-refractivity contribution in [3.05, 3.63) is 29.3 Å². The van der Waals surface area contributed by atoms with E-state index in [2.05, 4.69) is 0 Å². The Labute approximate surface area is 98.7 Å². The highest BCUT2D eigenvalue weighted by molar-refractivity contribution is 5.85. The highest BCUT2D eigenvalue weighted by atomic mass is 35.5. The van der Waals surface area contributed by atoms with Gasteiger partial charge < -0.3 is 5.11 Å². The molecule has 0 fully saturated rings. The van der Waals surface area contributed by atoms with Crippen molar-refractivity contribution in [3.8, 4) is 5.75 Å². The summed E-state index contributed by atoms with van der Waals surface area (Å²) in [7, 11) is 0. The summed E-state index contributed by atoms with van der Waals surface area (Å²) in [6, 6.07) is 3.75. The summed E-state index contributed by atoms with van der Waals surface area (Å²) in [5.41, 5.74) is -0.581. The van der Waals surface area contributed by atoms with Crippen LogP contribution in [0.4, 0.5) is 13.2 Å². The summed E-state index contributed by atoms with van der Waals surface area (Å²) in [4.78, 5) is 0. The van der Waals surface area contributed by atoms with Gasteiger partial charge >= 0.3 is 6.18 Å². The first kappa shape index (κ1) is 15.1. The third-order valence-electron chi connectivity index (χ3n) is 2.22. The Bertz CT molecular complexity index is 336. The van der Waals surface area contributed by atoms with Crippen LogP contribution in [0.1, 0.15) is 30.9 Å². The van der Waals surface area contributed by atoms with Gasteiger partial charge in [0.05, 0.1) is 5.56 Å². The molecule has 1 aromatic carbocycles. The largest absolute Gasteiger partial charge is 0.507 e. The molecule has 0 saturated heterocycles. The van der Waals surface area contributed by atoms with Crippen LogP contribution in [0.3, 0.4) is 0 Å². The minimum Gasteiger partial charge on any atom is -0.507 e. The van der Waals surface area contributed by atoms with Gasteiger partial charge in [-0.1, -0.05) is 25.5 Å². The smallest absolute Gasteiger partial charge is 0.419 e. The van der Waals surface area contributed by atoms with Gasteiger partial charge in [0.1, 0.15) is 5.75 Å². The van der Waals surface area contributed by atoms with Crippen LogP contribution in [0.25, 0.3) is 0 Å². The van der Waals surface area contributed by atoms with Crippen LogP contribution in [-0.4, -0.2) is 5.11 Å². The van der Waals surface area contributed by atoms with Crippen LogP contribution >= 0.6 is 12.4 Å². The first-order valence-corrected chi connectivity index (χ1v) is 4.85. The fourth-order valence-electron chi connectivity index (χ4n) is 1.39. The van der Waals surface area contributed by atoms with Gasteiger partial charge in [-0.15, -0.1) is 12.4 Å². The molecule has 92 valence electrons. The Morgan fingerprint density at radius 3 is 2.38 bits per heavy atom. The van der Waals surface area contributed by atoms with E-state index in [-0.39, 0.29) is 12.4 Å². The van der Waals surface area contributed by atoms with Crippen molar-refractivity contribution in [3.63, 3.8) is 0 Å². The Morgan fingerprint density at radius 1 is 1.25 bits per heavy atom. The van der Waals surface area contributed by atoms with Gasteiger partial charge in [-0.3, -0.25) is 0 Å². The zero-order valence-corrected chi connectivity index (χ0v) is 9.66. The van der Waals surface area contributed by atoms with E-state index in [9.17, 15) is 18.3 Å². The molecule has 1 N–H and O–H groups in total. The van der Waals surface area contributed by atoms with E-state index in [1.165, 1.54) is 12.1 Å². The van der Waals surface area contributed by atoms with Crippen molar-refractivity contribution in [1.82, 2.24) is 0 Å². The second kappa shape index (κ2) is 5.99. The molecule has 0 heterocycles. The van der Waals surface area contributed by atoms with Crippen LogP contribution in [-0.2, 0) is 12.6 Å². The summed E-state index contributed by atoms with van der Waals surface area (Å²) >= 11 is 0. The molecule has 1 rings (SSSR count). The van der Waals surface area contributed by atoms with E-state index in [4.69, 9.17) is 0 Å². The number of hydrogen-bond acceptors (Lipinski definition) is 1. The molecular formula is C11H14ClF3O. The second-order valence-electron chi connectivity index (χ2n) is 3.41. The van der Waals surface area contributed by atoms with E-state index in [0.717, 1.165) is 18.9 Å². The Hall–Kier alpha value is -0.900. The van der Waals surface area contributed by atoms with Gasteiger partial charge in [-0.05, 0) is 24.5 Å². The molecule has 0 aromatic heterocycles. The number of aromatic hydroxyl groups is 1. The number of rotatable bonds is 3. The standard InChI is InChI=1S/C11H13F3O.ClH/c1-2-3-5-8-6-4-7-9(10(8)15)11(12,13)14;/h4,6-7,15H,2-3,5H2,1H3;1H. The third kappa shape index (κ3) is 3.59. The van der Waals surface area contributed by atoms with Crippen molar-refractivity contribution < 1.29 is 18.3 Å². The van der Waals surface area contributed by atoms with E-state index in [1.54, 1.807) is 0 Å². The summed E-state index contributed by atoms with van der Waals surface area (Å²) < 4.78 is 37.2. The van der Waals surface area contributed by atoms with Crippen molar-refractivity contribution in [2.45, 2.75) is 32.4 Å². The molecule has 1 aromatic rings. The van der Waals surface area contributed by atoms with Gasteiger partial charge in [-0.2, -0.15) is 13.2 Å². The summed E-state index contributed by atoms with van der Waals surface area (Å²) in [5.74, 6) is -0.626. The first-order valence-electron chi connectivity index (χ1n) is 4.85. The number of alkyl halides is 3. The molecule has 0 aliphatic rings. The van der Waals surface area contributed by atoms with Gasteiger partial charge in [0.25, 0.3) is 0 Å². The normalized spacial score (nSPS) is 11.0. The average molecular weight is 255 g/mol. The molecule has 16 heavy (non-hydrogen) atoms. The van der Waals surface area contributed by atoms with E-state index in [0.29, 0.717) is 12.0 Å². The topological polar surface area (TPSA) is 20.2 Å². The van der Waals surface area contributed by atoms with Gasteiger partial charge in [0, 0.05) is 0 Å². The summed E-state index contributed by atoms with van der Waals surface area (Å²) in [6.07, 6.45) is -2.34. The molecule has 0 aliphatic carbocycles. The molecule has 0 amide bonds. The Morgan fingerprint density at radius 2 is 1.88 bits per heavy atom. The minimum absolute atomic E-state index is 0. The number of halogens is 4. The fourth-order valence-corrected chi connectivity index (χ4v) is 1.39. The number of phenolic OH excluding ortho intramolecular Hbond substituents is 1. The van der Waals surface area contributed by atoms with E-state index >= 15 is 0 Å². The second-order valence-corrected chi connectivity index (χ2v) is 3.41. The lowest BCUT2D eigenvalue weighted by Gasteiger charge is -2.11. The fraction of sp³-hybridized carbons (Fsp3) is 0.455. The lowest BCUT2D eigenvalue weighted by Crippen LogP contribution is -2.06. The maximum atomic E-state index is 12.4.